The highest BCUT2D eigenvalue weighted by Gasteiger charge is 2.10. The van der Waals surface area contributed by atoms with E-state index in [-0.39, 0.29) is 0 Å². The highest BCUT2D eigenvalue weighted by atomic mass is 35.5. The van der Waals surface area contributed by atoms with E-state index in [9.17, 15) is 0 Å². The Morgan fingerprint density at radius 3 is 2.50 bits per heavy atom. The van der Waals surface area contributed by atoms with Gasteiger partial charge in [0.05, 0.1) is 30.5 Å². The van der Waals surface area contributed by atoms with Crippen LogP contribution in [0.25, 0.3) is 0 Å². The van der Waals surface area contributed by atoms with E-state index in [1.54, 1.807) is 31.4 Å². The smallest absolute Gasteiger partial charge is 0.146 e. The number of pyridine rings is 1. The number of benzene rings is 1. The Hall–Kier alpha value is -2.45. The maximum Gasteiger partial charge on any atom is 0.146 e. The summed E-state index contributed by atoms with van der Waals surface area (Å²) < 4.78 is 10.4. The SMILES string of the molecule is COc1cc(OC)c(Nc2ccc(C#N)cn2)cc1Cl. The van der Waals surface area contributed by atoms with E-state index >= 15 is 0 Å². The molecule has 1 aromatic carbocycles. The van der Waals surface area contributed by atoms with Gasteiger partial charge in [-0.1, -0.05) is 11.6 Å². The standard InChI is InChI=1S/C14H12ClN3O2/c1-19-12-6-13(20-2)11(5-10(12)15)18-14-4-3-9(7-16)8-17-14/h3-6,8H,1-2H3,(H,17,18). The number of methoxy groups -OCH3 is 2. The van der Waals surface area contributed by atoms with Gasteiger partial charge < -0.3 is 14.8 Å². The van der Waals surface area contributed by atoms with Crippen molar-refractivity contribution in [1.29, 1.82) is 5.26 Å². The minimum Gasteiger partial charge on any atom is -0.495 e. The van der Waals surface area contributed by atoms with Crippen LogP contribution in [0, 0.1) is 11.3 Å². The first-order valence-corrected chi connectivity index (χ1v) is 6.10. The molecule has 5 nitrogen and oxygen atoms in total. The quantitative estimate of drug-likeness (QED) is 0.934. The zero-order chi connectivity index (χ0) is 14.5. The number of aromatic nitrogens is 1. The molecule has 6 heteroatoms. The van der Waals surface area contributed by atoms with Crippen molar-refractivity contribution in [2.45, 2.75) is 0 Å². The van der Waals surface area contributed by atoms with Gasteiger partial charge in [-0.05, 0) is 18.2 Å². The van der Waals surface area contributed by atoms with Crippen molar-refractivity contribution >= 4 is 23.1 Å². The van der Waals surface area contributed by atoms with Crippen LogP contribution in [-0.4, -0.2) is 19.2 Å². The van der Waals surface area contributed by atoms with Crippen LogP contribution in [0.3, 0.4) is 0 Å². The second-order valence-electron chi connectivity index (χ2n) is 3.86. The summed E-state index contributed by atoms with van der Waals surface area (Å²) in [6.45, 7) is 0. The molecule has 1 aromatic heterocycles. The molecule has 2 rings (SSSR count). The van der Waals surface area contributed by atoms with Gasteiger partial charge in [-0.2, -0.15) is 5.26 Å². The molecular formula is C14H12ClN3O2. The fourth-order valence-electron chi connectivity index (χ4n) is 1.63. The maximum absolute atomic E-state index is 8.73. The third kappa shape index (κ3) is 2.92. The van der Waals surface area contributed by atoms with Crippen molar-refractivity contribution in [2.24, 2.45) is 0 Å². The highest BCUT2D eigenvalue weighted by Crippen LogP contribution is 2.36. The molecule has 0 amide bonds. The lowest BCUT2D eigenvalue weighted by atomic mass is 10.2. The minimum absolute atomic E-state index is 0.462. The second-order valence-corrected chi connectivity index (χ2v) is 4.26. The van der Waals surface area contributed by atoms with Crippen LogP contribution in [-0.2, 0) is 0 Å². The van der Waals surface area contributed by atoms with Crippen LogP contribution >= 0.6 is 11.6 Å². The topological polar surface area (TPSA) is 67.2 Å². The van der Waals surface area contributed by atoms with Crippen LogP contribution in [0.5, 0.6) is 11.5 Å². The van der Waals surface area contributed by atoms with Crippen molar-refractivity contribution < 1.29 is 9.47 Å². The summed E-state index contributed by atoms with van der Waals surface area (Å²) in [6.07, 6.45) is 1.49. The van der Waals surface area contributed by atoms with Crippen molar-refractivity contribution in [2.75, 3.05) is 19.5 Å². The molecule has 0 bridgehead atoms. The Labute approximate surface area is 121 Å². The summed E-state index contributed by atoms with van der Waals surface area (Å²) in [5, 5.41) is 12.3. The van der Waals surface area contributed by atoms with Crippen LogP contribution in [0.2, 0.25) is 5.02 Å². The molecule has 102 valence electrons. The highest BCUT2D eigenvalue weighted by molar-refractivity contribution is 6.32. The van der Waals surface area contributed by atoms with Crippen LogP contribution in [0.1, 0.15) is 5.56 Å². The second kappa shape index (κ2) is 6.13. The molecular weight excluding hydrogens is 278 g/mol. The summed E-state index contributed by atoms with van der Waals surface area (Å²) in [6, 6.07) is 8.77. The Kier molecular flexibility index (Phi) is 4.28. The summed E-state index contributed by atoms with van der Waals surface area (Å²) in [5.74, 6) is 1.70. The number of nitrogens with zero attached hydrogens (tertiary/aromatic N) is 2. The fraction of sp³-hybridized carbons (Fsp3) is 0.143. The van der Waals surface area contributed by atoms with Gasteiger partial charge in [-0.15, -0.1) is 0 Å². The minimum atomic E-state index is 0.462. The average Bonchev–Trinajstić information content (AvgIpc) is 2.48. The zero-order valence-electron chi connectivity index (χ0n) is 11.0. The first-order chi connectivity index (χ1) is 9.67. The van der Waals surface area contributed by atoms with E-state index < -0.39 is 0 Å². The van der Waals surface area contributed by atoms with Crippen molar-refractivity contribution in [3.63, 3.8) is 0 Å². The van der Waals surface area contributed by atoms with Crippen LogP contribution < -0.4 is 14.8 Å². The molecule has 0 unspecified atom stereocenters. The number of hydrogen-bond donors (Lipinski definition) is 1. The van der Waals surface area contributed by atoms with Gasteiger partial charge in [0.2, 0.25) is 0 Å². The number of anilines is 2. The third-order valence-electron chi connectivity index (χ3n) is 2.63. The number of nitrogens with one attached hydrogen (secondary N) is 1. The van der Waals surface area contributed by atoms with Crippen LogP contribution in [0.15, 0.2) is 30.5 Å². The van der Waals surface area contributed by atoms with E-state index in [1.807, 2.05) is 6.07 Å². The first-order valence-electron chi connectivity index (χ1n) is 5.72. The molecule has 1 N–H and O–H groups in total. The van der Waals surface area contributed by atoms with E-state index in [0.29, 0.717) is 33.6 Å². The summed E-state index contributed by atoms with van der Waals surface area (Å²) in [7, 11) is 3.09. The molecule has 0 radical (unpaired) electrons. The summed E-state index contributed by atoms with van der Waals surface area (Å²) >= 11 is 6.09. The maximum atomic E-state index is 8.73. The monoisotopic (exact) mass is 289 g/mol. The Bertz CT molecular complexity index is 651. The molecule has 0 aliphatic heterocycles. The molecule has 0 saturated carbocycles. The normalized spacial score (nSPS) is 9.70. The lowest BCUT2D eigenvalue weighted by molar-refractivity contribution is 0.396. The third-order valence-corrected chi connectivity index (χ3v) is 2.92. The summed E-state index contributed by atoms with van der Waals surface area (Å²) in [4.78, 5) is 4.13. The Morgan fingerprint density at radius 2 is 1.95 bits per heavy atom. The van der Waals surface area contributed by atoms with Crippen molar-refractivity contribution in [3.8, 4) is 17.6 Å². The molecule has 1 heterocycles. The Balaban J connectivity index is 2.32. The van der Waals surface area contributed by atoms with Gasteiger partial charge >= 0.3 is 0 Å². The lowest BCUT2D eigenvalue weighted by Gasteiger charge is -2.13. The molecule has 0 aliphatic carbocycles. The van der Waals surface area contributed by atoms with Gasteiger partial charge in [-0.3, -0.25) is 0 Å². The van der Waals surface area contributed by atoms with E-state index in [4.69, 9.17) is 26.3 Å². The molecule has 0 fully saturated rings. The zero-order valence-corrected chi connectivity index (χ0v) is 11.7. The number of halogens is 1. The predicted octanol–water partition coefficient (Wildman–Crippen LogP) is 3.37. The van der Waals surface area contributed by atoms with Gasteiger partial charge in [0.15, 0.2) is 0 Å². The number of nitriles is 1. The molecule has 20 heavy (non-hydrogen) atoms. The molecule has 0 saturated heterocycles. The number of rotatable bonds is 4. The number of hydrogen-bond acceptors (Lipinski definition) is 5. The molecule has 0 spiro atoms. The molecule has 2 aromatic rings. The summed E-state index contributed by atoms with van der Waals surface area (Å²) in [5.41, 5.74) is 1.16. The van der Waals surface area contributed by atoms with Gasteiger partial charge in [0.25, 0.3) is 0 Å². The van der Waals surface area contributed by atoms with Crippen LogP contribution in [0.4, 0.5) is 11.5 Å². The van der Waals surface area contributed by atoms with E-state index in [0.717, 1.165) is 0 Å². The van der Waals surface area contributed by atoms with Gasteiger partial charge in [0, 0.05) is 12.3 Å². The number of ether oxygens (including phenoxy) is 2. The largest absolute Gasteiger partial charge is 0.495 e. The fourth-order valence-corrected chi connectivity index (χ4v) is 1.87. The average molecular weight is 290 g/mol. The Morgan fingerprint density at radius 1 is 1.20 bits per heavy atom. The molecule has 0 atom stereocenters. The van der Waals surface area contributed by atoms with Crippen molar-refractivity contribution in [3.05, 3.63) is 41.0 Å². The predicted molar refractivity (Wildman–Crippen MR) is 76.8 cm³/mol. The van der Waals surface area contributed by atoms with Crippen molar-refractivity contribution in [1.82, 2.24) is 4.98 Å². The first kappa shape index (κ1) is 14.0. The lowest BCUT2D eigenvalue weighted by Crippen LogP contribution is -1.98. The van der Waals surface area contributed by atoms with E-state index in [2.05, 4.69) is 10.3 Å². The van der Waals surface area contributed by atoms with E-state index in [1.165, 1.54) is 13.3 Å². The molecule has 0 aliphatic rings. The van der Waals surface area contributed by atoms with Gasteiger partial charge in [0.1, 0.15) is 23.4 Å². The van der Waals surface area contributed by atoms with Gasteiger partial charge in [-0.25, -0.2) is 4.98 Å².